The minimum absolute atomic E-state index is 0.159. The van der Waals surface area contributed by atoms with E-state index >= 15 is 0 Å². The number of carboxylic acids is 1. The number of aliphatic carboxylic acids is 1. The monoisotopic (exact) mass is 450 g/mol. The fourth-order valence-corrected chi connectivity index (χ4v) is 4.96. The van der Waals surface area contributed by atoms with Gasteiger partial charge in [-0.2, -0.15) is 0 Å². The smallest absolute Gasteiger partial charge is 0.305 e. The largest absolute Gasteiger partial charge is 0.481 e. The van der Waals surface area contributed by atoms with Gasteiger partial charge in [-0.25, -0.2) is 0 Å². The SMILES string of the molecule is Cc1cc(N2CCN(C3CCNCC3)CC2)ccc1C(=O)NC(CC(=O)O)c1ccccc1. The quantitative estimate of drug-likeness (QED) is 0.602. The lowest BCUT2D eigenvalue weighted by Crippen LogP contribution is -2.52. The number of benzene rings is 2. The first-order valence-electron chi connectivity index (χ1n) is 11.9. The van der Waals surface area contributed by atoms with Crippen LogP contribution in [-0.4, -0.2) is 67.2 Å². The van der Waals surface area contributed by atoms with E-state index in [1.165, 1.54) is 12.8 Å². The summed E-state index contributed by atoms with van der Waals surface area (Å²) in [5, 5.41) is 15.7. The van der Waals surface area contributed by atoms with Crippen molar-refractivity contribution in [2.45, 2.75) is 38.3 Å². The zero-order valence-corrected chi connectivity index (χ0v) is 19.3. The maximum Gasteiger partial charge on any atom is 0.305 e. The maximum absolute atomic E-state index is 13.0. The highest BCUT2D eigenvalue weighted by atomic mass is 16.4. The molecule has 0 aliphatic carbocycles. The average Bonchev–Trinajstić information content (AvgIpc) is 2.84. The molecule has 2 aromatic rings. The van der Waals surface area contributed by atoms with E-state index in [2.05, 4.69) is 26.5 Å². The van der Waals surface area contributed by atoms with Crippen molar-refractivity contribution in [1.82, 2.24) is 15.5 Å². The van der Waals surface area contributed by atoms with E-state index in [-0.39, 0.29) is 12.3 Å². The van der Waals surface area contributed by atoms with Crippen molar-refractivity contribution in [2.24, 2.45) is 0 Å². The second-order valence-electron chi connectivity index (χ2n) is 9.04. The Morgan fingerprint density at radius 1 is 1.06 bits per heavy atom. The van der Waals surface area contributed by atoms with Crippen LogP contribution >= 0.6 is 0 Å². The molecule has 176 valence electrons. The van der Waals surface area contributed by atoms with E-state index in [0.717, 1.165) is 56.1 Å². The number of rotatable bonds is 7. The molecule has 2 fully saturated rings. The van der Waals surface area contributed by atoms with Crippen LogP contribution in [0.5, 0.6) is 0 Å². The number of amides is 1. The molecular weight excluding hydrogens is 416 g/mol. The number of hydrogen-bond acceptors (Lipinski definition) is 5. The molecule has 2 saturated heterocycles. The molecule has 2 heterocycles. The number of carbonyl (C=O) groups is 2. The van der Waals surface area contributed by atoms with Gasteiger partial charge < -0.3 is 20.6 Å². The van der Waals surface area contributed by atoms with Gasteiger partial charge in [-0.3, -0.25) is 14.5 Å². The third kappa shape index (κ3) is 5.92. The van der Waals surface area contributed by atoms with Crippen LogP contribution in [0.25, 0.3) is 0 Å². The Labute approximate surface area is 195 Å². The Hall–Kier alpha value is -2.90. The molecule has 2 aromatic carbocycles. The predicted molar refractivity (Wildman–Crippen MR) is 130 cm³/mol. The van der Waals surface area contributed by atoms with E-state index < -0.39 is 12.0 Å². The fraction of sp³-hybridized carbons (Fsp3) is 0.462. The number of aryl methyl sites for hydroxylation is 1. The second-order valence-corrected chi connectivity index (χ2v) is 9.04. The molecule has 1 amide bonds. The molecule has 4 rings (SSSR count). The van der Waals surface area contributed by atoms with Gasteiger partial charge in [0.15, 0.2) is 0 Å². The summed E-state index contributed by atoms with van der Waals surface area (Å²) in [6, 6.07) is 15.3. The molecule has 7 nitrogen and oxygen atoms in total. The van der Waals surface area contributed by atoms with Gasteiger partial charge >= 0.3 is 5.97 Å². The number of carbonyl (C=O) groups excluding carboxylic acids is 1. The molecule has 0 saturated carbocycles. The molecule has 0 aromatic heterocycles. The van der Waals surface area contributed by atoms with E-state index in [1.807, 2.05) is 49.4 Å². The Morgan fingerprint density at radius 3 is 2.39 bits per heavy atom. The number of piperidine rings is 1. The molecular formula is C26H34N4O3. The van der Waals surface area contributed by atoms with Gasteiger partial charge in [0.25, 0.3) is 5.91 Å². The number of nitrogens with zero attached hydrogens (tertiary/aromatic N) is 2. The average molecular weight is 451 g/mol. The summed E-state index contributed by atoms with van der Waals surface area (Å²) in [7, 11) is 0. The van der Waals surface area contributed by atoms with Crippen LogP contribution in [0.1, 0.15) is 46.8 Å². The first-order valence-corrected chi connectivity index (χ1v) is 11.9. The standard InChI is InChI=1S/C26H34N4O3/c1-19-17-22(30-15-13-29(14-16-30)21-9-11-27-12-10-21)7-8-23(19)26(33)28-24(18-25(31)32)20-5-3-2-4-6-20/h2-8,17,21,24,27H,9-16,18H2,1H3,(H,28,33)(H,31,32). The first kappa shape index (κ1) is 23.3. The van der Waals surface area contributed by atoms with E-state index in [9.17, 15) is 14.7 Å². The highest BCUT2D eigenvalue weighted by Crippen LogP contribution is 2.24. The summed E-state index contributed by atoms with van der Waals surface area (Å²) in [4.78, 5) is 29.4. The van der Waals surface area contributed by atoms with Crippen molar-refractivity contribution < 1.29 is 14.7 Å². The Kier molecular flexibility index (Phi) is 7.62. The topological polar surface area (TPSA) is 84.9 Å². The van der Waals surface area contributed by atoms with Gasteiger partial charge in [-0.15, -0.1) is 0 Å². The van der Waals surface area contributed by atoms with Crippen LogP contribution in [0.2, 0.25) is 0 Å². The molecule has 1 atom stereocenters. The van der Waals surface area contributed by atoms with E-state index in [1.54, 1.807) is 0 Å². The zero-order chi connectivity index (χ0) is 23.2. The molecule has 1 unspecified atom stereocenters. The van der Waals surface area contributed by atoms with Crippen LogP contribution in [0.15, 0.2) is 48.5 Å². The van der Waals surface area contributed by atoms with Crippen LogP contribution in [-0.2, 0) is 4.79 Å². The summed E-state index contributed by atoms with van der Waals surface area (Å²) in [5.41, 5.74) is 3.40. The summed E-state index contributed by atoms with van der Waals surface area (Å²) in [6.45, 7) is 8.29. The van der Waals surface area contributed by atoms with E-state index in [0.29, 0.717) is 11.6 Å². The van der Waals surface area contributed by atoms with Crippen molar-refractivity contribution in [1.29, 1.82) is 0 Å². The first-order chi connectivity index (χ1) is 16.0. The molecule has 33 heavy (non-hydrogen) atoms. The molecule has 0 spiro atoms. The second kappa shape index (κ2) is 10.8. The highest BCUT2D eigenvalue weighted by molar-refractivity contribution is 5.96. The summed E-state index contributed by atoms with van der Waals surface area (Å²) in [5.74, 6) is -1.19. The number of hydrogen-bond donors (Lipinski definition) is 3. The fourth-order valence-electron chi connectivity index (χ4n) is 4.96. The summed E-state index contributed by atoms with van der Waals surface area (Å²) >= 11 is 0. The molecule has 7 heteroatoms. The number of nitrogens with one attached hydrogen (secondary N) is 2. The van der Waals surface area contributed by atoms with Crippen LogP contribution in [0.3, 0.4) is 0 Å². The van der Waals surface area contributed by atoms with Crippen LogP contribution in [0, 0.1) is 6.92 Å². The van der Waals surface area contributed by atoms with Gasteiger partial charge in [0, 0.05) is 43.5 Å². The van der Waals surface area contributed by atoms with Gasteiger partial charge in [-0.05, 0) is 62.2 Å². The van der Waals surface area contributed by atoms with Crippen molar-refractivity contribution >= 4 is 17.6 Å². The van der Waals surface area contributed by atoms with Crippen LogP contribution < -0.4 is 15.5 Å². The normalized spacial score (nSPS) is 18.6. The Bertz CT molecular complexity index is 951. The number of carboxylic acid groups (broad SMARTS) is 1. The lowest BCUT2D eigenvalue weighted by Gasteiger charge is -2.41. The minimum Gasteiger partial charge on any atom is -0.481 e. The minimum atomic E-state index is -0.945. The number of piperazine rings is 1. The number of anilines is 1. The third-order valence-corrected chi connectivity index (χ3v) is 6.85. The molecule has 3 N–H and O–H groups in total. The van der Waals surface area contributed by atoms with Gasteiger partial charge in [0.2, 0.25) is 0 Å². The van der Waals surface area contributed by atoms with Crippen molar-refractivity contribution in [3.63, 3.8) is 0 Å². The van der Waals surface area contributed by atoms with Crippen molar-refractivity contribution in [3.8, 4) is 0 Å². The summed E-state index contributed by atoms with van der Waals surface area (Å²) < 4.78 is 0. The van der Waals surface area contributed by atoms with E-state index in [4.69, 9.17) is 0 Å². The molecule has 0 radical (unpaired) electrons. The van der Waals surface area contributed by atoms with Crippen molar-refractivity contribution in [3.05, 3.63) is 65.2 Å². The zero-order valence-electron chi connectivity index (χ0n) is 19.3. The Balaban J connectivity index is 1.39. The van der Waals surface area contributed by atoms with Crippen molar-refractivity contribution in [2.75, 3.05) is 44.2 Å². The maximum atomic E-state index is 13.0. The summed E-state index contributed by atoms with van der Waals surface area (Å²) in [6.07, 6.45) is 2.30. The highest BCUT2D eigenvalue weighted by Gasteiger charge is 2.26. The molecule has 2 aliphatic rings. The third-order valence-electron chi connectivity index (χ3n) is 6.85. The Morgan fingerprint density at radius 2 is 1.76 bits per heavy atom. The van der Waals surface area contributed by atoms with Gasteiger partial charge in [0.05, 0.1) is 12.5 Å². The van der Waals surface area contributed by atoms with Gasteiger partial charge in [-0.1, -0.05) is 30.3 Å². The lowest BCUT2D eigenvalue weighted by atomic mass is 10.0. The van der Waals surface area contributed by atoms with Crippen LogP contribution in [0.4, 0.5) is 5.69 Å². The molecule has 2 aliphatic heterocycles. The van der Waals surface area contributed by atoms with Gasteiger partial charge in [0.1, 0.15) is 0 Å². The molecule has 0 bridgehead atoms. The lowest BCUT2D eigenvalue weighted by molar-refractivity contribution is -0.137. The predicted octanol–water partition coefficient (Wildman–Crippen LogP) is 2.81.